The van der Waals surface area contributed by atoms with Crippen molar-refractivity contribution in [2.75, 3.05) is 20.1 Å². The maximum Gasteiger partial charge on any atom is 0.320 e. The maximum absolute atomic E-state index is 11.8. The number of benzene rings is 1. The maximum atomic E-state index is 11.8. The van der Waals surface area contributed by atoms with Gasteiger partial charge in [0.15, 0.2) is 0 Å². The second kappa shape index (κ2) is 8.54. The van der Waals surface area contributed by atoms with Crippen molar-refractivity contribution >= 4 is 11.9 Å². The molecule has 0 saturated heterocycles. The summed E-state index contributed by atoms with van der Waals surface area (Å²) in [5.74, 6) is -0.574. The number of rotatable bonds is 8. The molecule has 1 amide bonds. The summed E-state index contributed by atoms with van der Waals surface area (Å²) in [7, 11) is 1.63. The van der Waals surface area contributed by atoms with Crippen LogP contribution in [0.3, 0.4) is 0 Å². The van der Waals surface area contributed by atoms with E-state index in [1.54, 1.807) is 14.0 Å². The first-order chi connectivity index (χ1) is 10.3. The second-order valence-corrected chi connectivity index (χ2v) is 5.93. The SMILES string of the molecule is CC(C)c1ccc(CCNC(=O)CN(C)C(C)C(=O)O)cc1. The number of carboxylic acids is 1. The number of likely N-dealkylation sites (N-methyl/N-ethyl adjacent to an activating group) is 1. The summed E-state index contributed by atoms with van der Waals surface area (Å²) in [6.45, 7) is 6.51. The molecule has 0 bridgehead atoms. The number of hydrogen-bond acceptors (Lipinski definition) is 3. The summed E-state index contributed by atoms with van der Waals surface area (Å²) in [6, 6.07) is 7.73. The molecule has 1 aromatic carbocycles. The van der Waals surface area contributed by atoms with Gasteiger partial charge in [0.1, 0.15) is 6.04 Å². The smallest absolute Gasteiger partial charge is 0.320 e. The predicted octanol–water partition coefficient (Wildman–Crippen LogP) is 1.87. The minimum absolute atomic E-state index is 0.0831. The van der Waals surface area contributed by atoms with Gasteiger partial charge in [-0.05, 0) is 37.4 Å². The van der Waals surface area contributed by atoms with Gasteiger partial charge in [0.25, 0.3) is 0 Å². The van der Waals surface area contributed by atoms with Crippen molar-refractivity contribution in [2.24, 2.45) is 0 Å². The lowest BCUT2D eigenvalue weighted by Gasteiger charge is -2.20. The standard InChI is InChI=1S/C17H26N2O3/c1-12(2)15-7-5-14(6-8-15)9-10-18-16(20)11-19(4)13(3)17(21)22/h5-8,12-13H,9-11H2,1-4H3,(H,18,20)(H,21,22). The Labute approximate surface area is 132 Å². The third-order valence-electron chi connectivity index (χ3n) is 3.79. The van der Waals surface area contributed by atoms with Crippen molar-refractivity contribution < 1.29 is 14.7 Å². The molecule has 22 heavy (non-hydrogen) atoms. The second-order valence-electron chi connectivity index (χ2n) is 5.93. The van der Waals surface area contributed by atoms with Crippen LogP contribution in [0.5, 0.6) is 0 Å². The number of aliphatic carboxylic acids is 1. The van der Waals surface area contributed by atoms with E-state index >= 15 is 0 Å². The molecule has 0 spiro atoms. The number of amides is 1. The summed E-state index contributed by atoms with van der Waals surface area (Å²) in [5, 5.41) is 11.7. The molecule has 0 aromatic heterocycles. The number of nitrogens with one attached hydrogen (secondary N) is 1. The minimum atomic E-state index is -0.930. The van der Waals surface area contributed by atoms with Crippen LogP contribution in [0.4, 0.5) is 0 Å². The van der Waals surface area contributed by atoms with E-state index < -0.39 is 12.0 Å². The molecule has 2 N–H and O–H groups in total. The molecule has 0 saturated carbocycles. The summed E-state index contributed by atoms with van der Waals surface area (Å²) in [5.41, 5.74) is 2.48. The van der Waals surface area contributed by atoms with Crippen molar-refractivity contribution in [2.45, 2.75) is 39.2 Å². The Balaban J connectivity index is 2.34. The zero-order valence-corrected chi connectivity index (χ0v) is 13.8. The van der Waals surface area contributed by atoms with Crippen LogP contribution in [0.2, 0.25) is 0 Å². The number of carbonyl (C=O) groups excluding carboxylic acids is 1. The average Bonchev–Trinajstić information content (AvgIpc) is 2.46. The Kier molecular flexibility index (Phi) is 7.05. The molecule has 0 fully saturated rings. The van der Waals surface area contributed by atoms with E-state index in [2.05, 4.69) is 43.4 Å². The van der Waals surface area contributed by atoms with Gasteiger partial charge in [0.2, 0.25) is 5.91 Å². The summed E-state index contributed by atoms with van der Waals surface area (Å²) >= 11 is 0. The number of nitrogens with zero attached hydrogens (tertiary/aromatic N) is 1. The molecule has 5 heteroatoms. The van der Waals surface area contributed by atoms with Crippen LogP contribution in [-0.4, -0.2) is 48.1 Å². The van der Waals surface area contributed by atoms with Gasteiger partial charge in [0, 0.05) is 6.54 Å². The highest BCUT2D eigenvalue weighted by Crippen LogP contribution is 2.14. The lowest BCUT2D eigenvalue weighted by atomic mass is 10.0. The Morgan fingerprint density at radius 3 is 2.27 bits per heavy atom. The molecule has 122 valence electrons. The molecule has 1 atom stereocenters. The van der Waals surface area contributed by atoms with Crippen LogP contribution < -0.4 is 5.32 Å². The topological polar surface area (TPSA) is 69.6 Å². The Hall–Kier alpha value is -1.88. The third-order valence-corrected chi connectivity index (χ3v) is 3.79. The first kappa shape index (κ1) is 18.2. The summed E-state index contributed by atoms with van der Waals surface area (Å²) in [4.78, 5) is 24.1. The lowest BCUT2D eigenvalue weighted by Crippen LogP contribution is -2.43. The fraction of sp³-hybridized carbons (Fsp3) is 0.529. The highest BCUT2D eigenvalue weighted by Gasteiger charge is 2.18. The van der Waals surface area contributed by atoms with E-state index in [1.807, 2.05) is 0 Å². The van der Waals surface area contributed by atoms with Gasteiger partial charge in [-0.15, -0.1) is 0 Å². The monoisotopic (exact) mass is 306 g/mol. The van der Waals surface area contributed by atoms with E-state index in [1.165, 1.54) is 16.0 Å². The first-order valence-corrected chi connectivity index (χ1v) is 7.59. The van der Waals surface area contributed by atoms with Crippen molar-refractivity contribution in [1.82, 2.24) is 10.2 Å². The molecular formula is C17H26N2O3. The largest absolute Gasteiger partial charge is 0.480 e. The normalized spacial score (nSPS) is 12.5. The average molecular weight is 306 g/mol. The van der Waals surface area contributed by atoms with Crippen LogP contribution >= 0.6 is 0 Å². The van der Waals surface area contributed by atoms with Gasteiger partial charge >= 0.3 is 5.97 Å². The minimum Gasteiger partial charge on any atom is -0.480 e. The molecule has 0 heterocycles. The van der Waals surface area contributed by atoms with Crippen LogP contribution in [-0.2, 0) is 16.0 Å². The molecule has 0 aliphatic heterocycles. The fourth-order valence-electron chi connectivity index (χ4n) is 2.02. The van der Waals surface area contributed by atoms with Crippen molar-refractivity contribution in [3.05, 3.63) is 35.4 Å². The van der Waals surface area contributed by atoms with Crippen molar-refractivity contribution in [3.8, 4) is 0 Å². The zero-order valence-electron chi connectivity index (χ0n) is 13.8. The third kappa shape index (κ3) is 5.85. The van der Waals surface area contributed by atoms with Gasteiger partial charge in [-0.2, -0.15) is 0 Å². The van der Waals surface area contributed by atoms with E-state index in [-0.39, 0.29) is 12.5 Å². The van der Waals surface area contributed by atoms with E-state index in [4.69, 9.17) is 5.11 Å². The molecule has 1 aromatic rings. The van der Waals surface area contributed by atoms with E-state index in [9.17, 15) is 9.59 Å². The van der Waals surface area contributed by atoms with Gasteiger partial charge in [-0.1, -0.05) is 38.1 Å². The quantitative estimate of drug-likeness (QED) is 0.769. The van der Waals surface area contributed by atoms with E-state index in [0.29, 0.717) is 12.5 Å². The lowest BCUT2D eigenvalue weighted by molar-refractivity contribution is -0.142. The predicted molar refractivity (Wildman–Crippen MR) is 87.0 cm³/mol. The Morgan fingerprint density at radius 1 is 1.18 bits per heavy atom. The molecule has 1 unspecified atom stereocenters. The van der Waals surface area contributed by atoms with Gasteiger partial charge in [-0.3, -0.25) is 14.5 Å². The zero-order chi connectivity index (χ0) is 16.7. The van der Waals surface area contributed by atoms with Crippen LogP contribution in [0.1, 0.15) is 37.8 Å². The number of carboxylic acid groups (broad SMARTS) is 1. The highest BCUT2D eigenvalue weighted by molar-refractivity contribution is 5.79. The summed E-state index contributed by atoms with van der Waals surface area (Å²) < 4.78 is 0. The Morgan fingerprint density at radius 2 is 1.77 bits per heavy atom. The first-order valence-electron chi connectivity index (χ1n) is 7.59. The number of carbonyl (C=O) groups is 2. The molecule has 1 rings (SSSR count). The van der Waals surface area contributed by atoms with Gasteiger partial charge in [-0.25, -0.2) is 0 Å². The van der Waals surface area contributed by atoms with Crippen LogP contribution in [0.15, 0.2) is 24.3 Å². The number of hydrogen-bond donors (Lipinski definition) is 2. The highest BCUT2D eigenvalue weighted by atomic mass is 16.4. The van der Waals surface area contributed by atoms with Crippen LogP contribution in [0.25, 0.3) is 0 Å². The van der Waals surface area contributed by atoms with Crippen LogP contribution in [0, 0.1) is 0 Å². The fourth-order valence-corrected chi connectivity index (χ4v) is 2.02. The van der Waals surface area contributed by atoms with E-state index in [0.717, 1.165) is 6.42 Å². The molecule has 5 nitrogen and oxygen atoms in total. The summed E-state index contributed by atoms with van der Waals surface area (Å²) in [6.07, 6.45) is 0.766. The molecular weight excluding hydrogens is 280 g/mol. The Bertz CT molecular complexity index is 497. The molecule has 0 radical (unpaired) electrons. The molecule has 0 aliphatic carbocycles. The van der Waals surface area contributed by atoms with Gasteiger partial charge < -0.3 is 10.4 Å². The molecule has 0 aliphatic rings. The van der Waals surface area contributed by atoms with Gasteiger partial charge in [0.05, 0.1) is 6.54 Å². The van der Waals surface area contributed by atoms with Crippen molar-refractivity contribution in [3.63, 3.8) is 0 Å². The van der Waals surface area contributed by atoms with Crippen molar-refractivity contribution in [1.29, 1.82) is 0 Å².